The summed E-state index contributed by atoms with van der Waals surface area (Å²) < 4.78 is 21.5. The van der Waals surface area contributed by atoms with Crippen molar-refractivity contribution in [2.45, 2.75) is 45.5 Å². The minimum atomic E-state index is -0.751. The number of thioether (sulfide) groups is 1. The van der Waals surface area contributed by atoms with Crippen LogP contribution in [-0.2, 0) is 33.4 Å². The third-order valence-corrected chi connectivity index (χ3v) is 6.24. The molecule has 0 aromatic heterocycles. The molecular weight excluding hydrogens is 476 g/mol. The number of methoxy groups -OCH3 is 2. The molecule has 0 aliphatic carbocycles. The number of esters is 1. The minimum Gasteiger partial charge on any atom is -0.497 e. The number of rotatable bonds is 12. The zero-order valence-corrected chi connectivity index (χ0v) is 21.4. The van der Waals surface area contributed by atoms with Gasteiger partial charge in [0, 0.05) is 42.7 Å². The first-order chi connectivity index (χ1) is 16.7. The van der Waals surface area contributed by atoms with Crippen LogP contribution in [0, 0.1) is 5.41 Å². The van der Waals surface area contributed by atoms with Crippen LogP contribution in [0.4, 0.5) is 0 Å². The Labute approximate surface area is 209 Å². The molecule has 2 amide bonds. The van der Waals surface area contributed by atoms with Crippen LogP contribution in [0.1, 0.15) is 45.0 Å². The van der Waals surface area contributed by atoms with Crippen LogP contribution in [0.3, 0.4) is 0 Å². The van der Waals surface area contributed by atoms with E-state index in [0.717, 1.165) is 17.3 Å². The van der Waals surface area contributed by atoms with E-state index in [-0.39, 0.29) is 42.7 Å². The van der Waals surface area contributed by atoms with Crippen LogP contribution in [0.25, 0.3) is 0 Å². The highest BCUT2D eigenvalue weighted by Crippen LogP contribution is 2.36. The number of carbonyl (C=O) groups is 4. The summed E-state index contributed by atoms with van der Waals surface area (Å²) in [5.74, 6) is 0.128. The predicted molar refractivity (Wildman–Crippen MR) is 130 cm³/mol. The number of nitrogens with one attached hydrogen (secondary N) is 2. The summed E-state index contributed by atoms with van der Waals surface area (Å²) in [6.45, 7) is 4.57. The lowest BCUT2D eigenvalue weighted by Gasteiger charge is -2.41. The molecule has 1 unspecified atom stereocenters. The Balaban J connectivity index is 1.71. The first-order valence-electron chi connectivity index (χ1n) is 11.3. The maximum atomic E-state index is 12.8. The Kier molecular flexibility index (Phi) is 11.5. The molecule has 1 fully saturated rings. The third kappa shape index (κ3) is 9.50. The Morgan fingerprint density at radius 2 is 1.74 bits per heavy atom. The zero-order valence-electron chi connectivity index (χ0n) is 20.6. The second-order valence-electron chi connectivity index (χ2n) is 8.61. The molecule has 1 aliphatic heterocycles. The van der Waals surface area contributed by atoms with Gasteiger partial charge in [-0.3, -0.25) is 19.2 Å². The van der Waals surface area contributed by atoms with Gasteiger partial charge in [-0.15, -0.1) is 0 Å². The van der Waals surface area contributed by atoms with Crippen molar-refractivity contribution in [1.82, 2.24) is 10.6 Å². The Bertz CT molecular complexity index is 875. The van der Waals surface area contributed by atoms with Crippen molar-refractivity contribution in [3.05, 3.63) is 29.8 Å². The van der Waals surface area contributed by atoms with Crippen LogP contribution >= 0.6 is 11.8 Å². The summed E-state index contributed by atoms with van der Waals surface area (Å²) >= 11 is 1.05. The lowest BCUT2D eigenvalue weighted by atomic mass is 9.85. The summed E-state index contributed by atoms with van der Waals surface area (Å²) in [5, 5.41) is 5.34. The van der Waals surface area contributed by atoms with E-state index in [4.69, 9.17) is 14.2 Å². The van der Waals surface area contributed by atoms with Gasteiger partial charge < -0.3 is 29.6 Å². The lowest BCUT2D eigenvalue weighted by molar-refractivity contribution is -0.258. The van der Waals surface area contributed by atoms with Crippen LogP contribution in [0.2, 0.25) is 0 Å². The molecule has 35 heavy (non-hydrogen) atoms. The fraction of sp³-hybridized carbons (Fsp3) is 0.583. The fourth-order valence-electron chi connectivity index (χ4n) is 3.28. The van der Waals surface area contributed by atoms with Gasteiger partial charge >= 0.3 is 5.97 Å². The third-order valence-electron chi connectivity index (χ3n) is 5.30. The van der Waals surface area contributed by atoms with E-state index in [0.29, 0.717) is 24.7 Å². The quantitative estimate of drug-likeness (QED) is 0.320. The first kappa shape index (κ1) is 28.6. The minimum absolute atomic E-state index is 0.0445. The van der Waals surface area contributed by atoms with Crippen LogP contribution in [0.15, 0.2) is 24.3 Å². The molecule has 10 nitrogen and oxygen atoms in total. The van der Waals surface area contributed by atoms with E-state index in [1.165, 1.54) is 7.11 Å². The normalized spacial score (nSPS) is 18.9. The standard InChI is InChI=1S/C24H34N2O8S/c1-24(2)15-33-23(16-5-7-17(31-3)8-6-16)34-21(24)22(30)26-12-11-18(27)25-13-14-35-20(29)10-9-19(28)32-4/h5-8,21,23H,9-15H2,1-4H3,(H,25,27)(H,26,30)/t21-,23?/m0/s1. The number of ether oxygens (including phenoxy) is 4. The maximum absolute atomic E-state index is 12.8. The Morgan fingerprint density at radius 3 is 2.40 bits per heavy atom. The highest BCUT2D eigenvalue weighted by Gasteiger charge is 2.43. The van der Waals surface area contributed by atoms with E-state index in [1.807, 2.05) is 26.0 Å². The van der Waals surface area contributed by atoms with Crippen LogP contribution in [-0.4, -0.2) is 68.7 Å². The van der Waals surface area contributed by atoms with Gasteiger partial charge in [0.05, 0.1) is 27.2 Å². The van der Waals surface area contributed by atoms with Gasteiger partial charge in [0.15, 0.2) is 11.4 Å². The van der Waals surface area contributed by atoms with Crippen molar-refractivity contribution in [2.24, 2.45) is 5.41 Å². The first-order valence-corrected chi connectivity index (χ1v) is 12.3. The second-order valence-corrected chi connectivity index (χ2v) is 9.76. The van der Waals surface area contributed by atoms with Crippen LogP contribution in [0.5, 0.6) is 5.75 Å². The van der Waals surface area contributed by atoms with Crippen molar-refractivity contribution in [3.63, 3.8) is 0 Å². The summed E-state index contributed by atoms with van der Waals surface area (Å²) in [4.78, 5) is 47.6. The van der Waals surface area contributed by atoms with E-state index in [1.54, 1.807) is 19.2 Å². The van der Waals surface area contributed by atoms with Gasteiger partial charge in [-0.1, -0.05) is 37.7 Å². The number of hydrogen-bond acceptors (Lipinski definition) is 9. The SMILES string of the molecule is COC(=O)CCC(=O)SCCNC(=O)CCNC(=O)[C@@H]1OC(c2ccc(OC)cc2)OCC1(C)C. The fourth-order valence-corrected chi connectivity index (χ4v) is 3.96. The molecule has 0 spiro atoms. The molecule has 2 N–H and O–H groups in total. The average Bonchev–Trinajstić information content (AvgIpc) is 2.85. The van der Waals surface area contributed by atoms with Crippen molar-refractivity contribution in [1.29, 1.82) is 0 Å². The largest absolute Gasteiger partial charge is 0.497 e. The molecule has 1 aromatic carbocycles. The maximum Gasteiger partial charge on any atom is 0.305 e. The summed E-state index contributed by atoms with van der Waals surface area (Å²) in [6, 6.07) is 7.25. The number of benzene rings is 1. The summed E-state index contributed by atoms with van der Waals surface area (Å²) in [5.41, 5.74) is 0.229. The summed E-state index contributed by atoms with van der Waals surface area (Å²) in [6.07, 6.45) is -1.19. The molecule has 0 saturated carbocycles. The van der Waals surface area contributed by atoms with Gasteiger partial charge in [0.2, 0.25) is 11.8 Å². The van der Waals surface area contributed by atoms with Gasteiger partial charge in [0.25, 0.3) is 0 Å². The zero-order chi connectivity index (χ0) is 25.8. The smallest absolute Gasteiger partial charge is 0.305 e. The van der Waals surface area contributed by atoms with Gasteiger partial charge in [-0.2, -0.15) is 0 Å². The number of amides is 2. The average molecular weight is 511 g/mol. The van der Waals surface area contributed by atoms with E-state index in [2.05, 4.69) is 15.4 Å². The molecule has 2 atom stereocenters. The molecule has 2 rings (SSSR count). The molecule has 0 radical (unpaired) electrons. The molecular formula is C24H34N2O8S. The molecule has 1 heterocycles. The second kappa shape index (κ2) is 14.1. The van der Waals surface area contributed by atoms with Gasteiger partial charge in [0.1, 0.15) is 11.9 Å². The van der Waals surface area contributed by atoms with Crippen LogP contribution < -0.4 is 15.4 Å². The molecule has 11 heteroatoms. The Morgan fingerprint density at radius 1 is 1.03 bits per heavy atom. The molecule has 1 saturated heterocycles. The van der Waals surface area contributed by atoms with Gasteiger partial charge in [-0.05, 0) is 12.1 Å². The van der Waals surface area contributed by atoms with E-state index < -0.39 is 23.8 Å². The molecule has 1 aromatic rings. The van der Waals surface area contributed by atoms with Crippen molar-refractivity contribution < 1.29 is 38.1 Å². The predicted octanol–water partition coefficient (Wildman–Crippen LogP) is 1.97. The topological polar surface area (TPSA) is 129 Å². The van der Waals surface area contributed by atoms with Crippen molar-refractivity contribution in [2.75, 3.05) is 39.7 Å². The van der Waals surface area contributed by atoms with Gasteiger partial charge in [-0.25, -0.2) is 0 Å². The lowest BCUT2D eigenvalue weighted by Crippen LogP contribution is -2.52. The number of carbonyl (C=O) groups excluding carboxylic acids is 4. The van der Waals surface area contributed by atoms with E-state index >= 15 is 0 Å². The number of hydrogen-bond donors (Lipinski definition) is 2. The molecule has 0 bridgehead atoms. The monoisotopic (exact) mass is 510 g/mol. The Hall–Kier alpha value is -2.63. The highest BCUT2D eigenvalue weighted by molar-refractivity contribution is 8.13. The van der Waals surface area contributed by atoms with Crippen molar-refractivity contribution >= 4 is 34.7 Å². The molecule has 1 aliphatic rings. The molecule has 194 valence electrons. The van der Waals surface area contributed by atoms with E-state index in [9.17, 15) is 19.2 Å². The van der Waals surface area contributed by atoms with Crippen molar-refractivity contribution in [3.8, 4) is 5.75 Å². The highest BCUT2D eigenvalue weighted by atomic mass is 32.2. The summed E-state index contributed by atoms with van der Waals surface area (Å²) in [7, 11) is 2.86.